The smallest absolute Gasteiger partial charge is 0.416 e. The summed E-state index contributed by atoms with van der Waals surface area (Å²) >= 11 is 0. The SMILES string of the molecule is CC(C)(CCCOc1ccc(C(F)(F)F)cc1)C(=N)N. The van der Waals surface area contributed by atoms with Crippen molar-refractivity contribution in [1.29, 1.82) is 5.41 Å². The first-order chi connectivity index (χ1) is 9.13. The zero-order valence-corrected chi connectivity index (χ0v) is 11.6. The van der Waals surface area contributed by atoms with Crippen molar-refractivity contribution in [3.8, 4) is 5.75 Å². The van der Waals surface area contributed by atoms with E-state index < -0.39 is 11.7 Å². The summed E-state index contributed by atoms with van der Waals surface area (Å²) in [6, 6.07) is 4.60. The molecule has 0 atom stereocenters. The van der Waals surface area contributed by atoms with Gasteiger partial charge in [0.25, 0.3) is 0 Å². The standard InChI is InChI=1S/C14H19F3N2O/c1-13(2,12(18)19)8-3-9-20-11-6-4-10(5-7-11)14(15,16)17/h4-7H,3,8-9H2,1-2H3,(H3,18,19). The van der Waals surface area contributed by atoms with E-state index in [9.17, 15) is 13.2 Å². The summed E-state index contributed by atoms with van der Waals surface area (Å²) < 4.78 is 42.5. The minimum atomic E-state index is -4.33. The lowest BCUT2D eigenvalue weighted by Crippen LogP contribution is -2.31. The summed E-state index contributed by atoms with van der Waals surface area (Å²) in [5, 5.41) is 7.41. The fraction of sp³-hybridized carbons (Fsp3) is 0.500. The van der Waals surface area contributed by atoms with Crippen LogP contribution in [0.5, 0.6) is 5.75 Å². The molecular formula is C14H19F3N2O. The molecule has 0 aliphatic heterocycles. The molecule has 20 heavy (non-hydrogen) atoms. The van der Waals surface area contributed by atoms with Crippen molar-refractivity contribution in [3.63, 3.8) is 0 Å². The van der Waals surface area contributed by atoms with Crippen LogP contribution in [0.2, 0.25) is 0 Å². The third kappa shape index (κ3) is 4.75. The van der Waals surface area contributed by atoms with Crippen LogP contribution in [0.1, 0.15) is 32.3 Å². The second kappa shape index (κ2) is 6.15. The Balaban J connectivity index is 2.42. The molecule has 3 N–H and O–H groups in total. The molecule has 6 heteroatoms. The Hall–Kier alpha value is -1.72. The number of nitrogens with two attached hydrogens (primary N) is 1. The average molecular weight is 288 g/mol. The molecule has 0 heterocycles. The molecule has 112 valence electrons. The van der Waals surface area contributed by atoms with E-state index in [4.69, 9.17) is 15.9 Å². The summed E-state index contributed by atoms with van der Waals surface area (Å²) in [6.45, 7) is 4.11. The molecule has 0 bridgehead atoms. The molecule has 0 unspecified atom stereocenters. The molecule has 0 amide bonds. The first-order valence-electron chi connectivity index (χ1n) is 6.27. The number of halogens is 3. The summed E-state index contributed by atoms with van der Waals surface area (Å²) in [5.74, 6) is 0.519. The fourth-order valence-electron chi connectivity index (χ4n) is 1.58. The number of alkyl halides is 3. The van der Waals surface area contributed by atoms with Gasteiger partial charge in [0, 0.05) is 5.41 Å². The Morgan fingerprint density at radius 2 is 1.75 bits per heavy atom. The van der Waals surface area contributed by atoms with Gasteiger partial charge in [-0.15, -0.1) is 0 Å². The quantitative estimate of drug-likeness (QED) is 0.475. The van der Waals surface area contributed by atoms with Gasteiger partial charge in [0.05, 0.1) is 18.0 Å². The zero-order chi connectivity index (χ0) is 15.4. The van der Waals surface area contributed by atoms with Crippen LogP contribution in [0.15, 0.2) is 24.3 Å². The van der Waals surface area contributed by atoms with Gasteiger partial charge in [-0.1, -0.05) is 13.8 Å². The highest BCUT2D eigenvalue weighted by Crippen LogP contribution is 2.30. The van der Waals surface area contributed by atoms with Gasteiger partial charge in [-0.3, -0.25) is 5.41 Å². The van der Waals surface area contributed by atoms with E-state index in [-0.39, 0.29) is 11.3 Å². The molecule has 0 saturated heterocycles. The van der Waals surface area contributed by atoms with E-state index >= 15 is 0 Å². The second-order valence-electron chi connectivity index (χ2n) is 5.27. The molecule has 1 aromatic carbocycles. The number of hydrogen-bond acceptors (Lipinski definition) is 2. The van der Waals surface area contributed by atoms with Gasteiger partial charge < -0.3 is 10.5 Å². The highest BCUT2D eigenvalue weighted by molar-refractivity contribution is 5.82. The van der Waals surface area contributed by atoms with Crippen molar-refractivity contribution in [2.24, 2.45) is 11.1 Å². The molecule has 0 fully saturated rings. The number of rotatable bonds is 6. The maximum Gasteiger partial charge on any atom is 0.416 e. The lowest BCUT2D eigenvalue weighted by atomic mass is 9.87. The number of amidine groups is 1. The maximum absolute atomic E-state index is 12.4. The Labute approximate surface area is 116 Å². The van der Waals surface area contributed by atoms with Crippen LogP contribution >= 0.6 is 0 Å². The maximum atomic E-state index is 12.4. The molecule has 0 aliphatic rings. The minimum absolute atomic E-state index is 0.118. The molecule has 1 rings (SSSR count). The molecule has 0 aromatic heterocycles. The third-order valence-corrected chi connectivity index (χ3v) is 3.13. The number of ether oxygens (including phenoxy) is 1. The van der Waals surface area contributed by atoms with Crippen LogP contribution < -0.4 is 10.5 Å². The van der Waals surface area contributed by atoms with Gasteiger partial charge in [-0.2, -0.15) is 13.2 Å². The molecule has 1 aromatic rings. The van der Waals surface area contributed by atoms with Crippen LogP contribution in [0.3, 0.4) is 0 Å². The van der Waals surface area contributed by atoms with Crippen molar-refractivity contribution in [2.75, 3.05) is 6.61 Å². The van der Waals surface area contributed by atoms with Crippen molar-refractivity contribution in [2.45, 2.75) is 32.9 Å². The van der Waals surface area contributed by atoms with Crippen LogP contribution in [0, 0.1) is 10.8 Å². The number of hydrogen-bond donors (Lipinski definition) is 2. The zero-order valence-electron chi connectivity index (χ0n) is 11.6. The fourth-order valence-corrected chi connectivity index (χ4v) is 1.58. The average Bonchev–Trinajstić information content (AvgIpc) is 2.34. The normalized spacial score (nSPS) is 12.2. The van der Waals surface area contributed by atoms with Gasteiger partial charge in [0.1, 0.15) is 5.75 Å². The topological polar surface area (TPSA) is 59.1 Å². The first-order valence-corrected chi connectivity index (χ1v) is 6.27. The van der Waals surface area contributed by atoms with Gasteiger partial charge in [-0.25, -0.2) is 0 Å². The van der Waals surface area contributed by atoms with Gasteiger partial charge in [-0.05, 0) is 37.1 Å². The van der Waals surface area contributed by atoms with E-state index in [0.29, 0.717) is 25.2 Å². The largest absolute Gasteiger partial charge is 0.494 e. The lowest BCUT2D eigenvalue weighted by molar-refractivity contribution is -0.137. The predicted octanol–water partition coefficient (Wildman–Crippen LogP) is 3.83. The molecule has 0 radical (unpaired) electrons. The van der Waals surface area contributed by atoms with Crippen molar-refractivity contribution in [3.05, 3.63) is 29.8 Å². The van der Waals surface area contributed by atoms with Crippen LogP contribution in [0.25, 0.3) is 0 Å². The summed E-state index contributed by atoms with van der Waals surface area (Å²) in [7, 11) is 0. The summed E-state index contributed by atoms with van der Waals surface area (Å²) in [4.78, 5) is 0. The highest BCUT2D eigenvalue weighted by atomic mass is 19.4. The van der Waals surface area contributed by atoms with Gasteiger partial charge >= 0.3 is 6.18 Å². The van der Waals surface area contributed by atoms with Crippen LogP contribution in [-0.2, 0) is 6.18 Å². The predicted molar refractivity (Wildman–Crippen MR) is 71.9 cm³/mol. The third-order valence-electron chi connectivity index (χ3n) is 3.13. The van der Waals surface area contributed by atoms with E-state index in [1.54, 1.807) is 0 Å². The van der Waals surface area contributed by atoms with E-state index in [2.05, 4.69) is 0 Å². The second-order valence-corrected chi connectivity index (χ2v) is 5.27. The highest BCUT2D eigenvalue weighted by Gasteiger charge is 2.30. The van der Waals surface area contributed by atoms with E-state index in [1.807, 2.05) is 13.8 Å². The Morgan fingerprint density at radius 3 is 2.20 bits per heavy atom. The Morgan fingerprint density at radius 1 is 1.20 bits per heavy atom. The Kier molecular flexibility index (Phi) is 5.03. The number of benzene rings is 1. The van der Waals surface area contributed by atoms with Crippen molar-refractivity contribution in [1.82, 2.24) is 0 Å². The van der Waals surface area contributed by atoms with Crippen molar-refractivity contribution < 1.29 is 17.9 Å². The molecule has 3 nitrogen and oxygen atoms in total. The summed E-state index contributed by atoms with van der Waals surface area (Å²) in [5.41, 5.74) is 4.38. The molecule has 0 aliphatic carbocycles. The lowest BCUT2D eigenvalue weighted by Gasteiger charge is -2.22. The number of nitrogens with one attached hydrogen (secondary N) is 1. The summed E-state index contributed by atoms with van der Waals surface area (Å²) in [6.07, 6.45) is -2.97. The first kappa shape index (κ1) is 16.3. The molecule has 0 spiro atoms. The van der Waals surface area contributed by atoms with Crippen LogP contribution in [-0.4, -0.2) is 12.4 Å². The van der Waals surface area contributed by atoms with E-state index in [0.717, 1.165) is 12.1 Å². The van der Waals surface area contributed by atoms with E-state index in [1.165, 1.54) is 12.1 Å². The van der Waals surface area contributed by atoms with Gasteiger partial charge in [0.2, 0.25) is 0 Å². The monoisotopic (exact) mass is 288 g/mol. The minimum Gasteiger partial charge on any atom is -0.494 e. The molecule has 0 saturated carbocycles. The Bertz CT molecular complexity index is 452. The molecular weight excluding hydrogens is 269 g/mol. The van der Waals surface area contributed by atoms with Crippen LogP contribution in [0.4, 0.5) is 13.2 Å². The van der Waals surface area contributed by atoms with Crippen molar-refractivity contribution >= 4 is 5.84 Å². The van der Waals surface area contributed by atoms with Gasteiger partial charge in [0.15, 0.2) is 0 Å².